The number of carbonyl (C=O) groups excluding carboxylic acids is 1. The van der Waals surface area contributed by atoms with E-state index in [1.54, 1.807) is 49.0 Å². The van der Waals surface area contributed by atoms with E-state index in [-0.39, 0.29) is 22.9 Å². The fraction of sp³-hybridized carbons (Fsp3) is 0.0769. The van der Waals surface area contributed by atoms with Gasteiger partial charge in [0, 0.05) is 30.8 Å². The normalized spacial score (nSPS) is 10.9. The molecule has 0 saturated carbocycles. The van der Waals surface area contributed by atoms with Crippen LogP contribution in [-0.4, -0.2) is 35.5 Å². The highest BCUT2D eigenvalue weighted by atomic mass is 16.5. The number of aromatic nitrogens is 4. The summed E-state index contributed by atoms with van der Waals surface area (Å²) in [7, 11) is 1.72. The van der Waals surface area contributed by atoms with Crippen molar-refractivity contribution in [2.24, 2.45) is 7.05 Å². The quantitative estimate of drug-likeness (QED) is 0.323. The van der Waals surface area contributed by atoms with E-state index in [0.29, 0.717) is 33.7 Å². The molecule has 180 valence electrons. The summed E-state index contributed by atoms with van der Waals surface area (Å²) in [6, 6.07) is 16.5. The monoisotopic (exact) mass is 483 g/mol. The van der Waals surface area contributed by atoms with Crippen molar-refractivity contribution >= 4 is 22.5 Å². The van der Waals surface area contributed by atoms with Crippen LogP contribution in [0.25, 0.3) is 16.6 Å². The number of phenolic OH excluding ortho intramolecular Hbond substituents is 2. The minimum atomic E-state index is -0.548. The van der Waals surface area contributed by atoms with Crippen molar-refractivity contribution < 1.29 is 19.7 Å². The summed E-state index contributed by atoms with van der Waals surface area (Å²) in [5, 5.41) is 22.7. The minimum absolute atomic E-state index is 0.0352. The van der Waals surface area contributed by atoms with E-state index >= 15 is 0 Å². The number of nitrogens with one attached hydrogen (secondary N) is 1. The lowest BCUT2D eigenvalue weighted by molar-refractivity contribution is 0.102. The molecule has 0 aliphatic carbocycles. The van der Waals surface area contributed by atoms with Gasteiger partial charge in [0.25, 0.3) is 11.5 Å². The number of nitrogens with zero attached hydrogens (tertiary/aromatic N) is 4. The zero-order chi connectivity index (χ0) is 25.4. The van der Waals surface area contributed by atoms with Crippen LogP contribution in [0.2, 0.25) is 0 Å². The first-order valence-corrected chi connectivity index (χ1v) is 10.9. The molecule has 0 atom stereocenters. The van der Waals surface area contributed by atoms with Crippen molar-refractivity contribution in [3.8, 4) is 28.8 Å². The molecule has 5 aromatic rings. The van der Waals surface area contributed by atoms with E-state index in [1.165, 1.54) is 29.2 Å². The molecule has 0 unspecified atom stereocenters. The minimum Gasteiger partial charge on any atom is -0.504 e. The predicted octanol–water partition coefficient (Wildman–Crippen LogP) is 3.88. The molecule has 0 aliphatic heterocycles. The van der Waals surface area contributed by atoms with Crippen LogP contribution in [0.1, 0.15) is 16.1 Å². The average Bonchev–Trinajstić information content (AvgIpc) is 3.09. The smallest absolute Gasteiger partial charge is 0.284 e. The number of hydrogen-bond donors (Lipinski definition) is 3. The molecule has 0 bridgehead atoms. The van der Waals surface area contributed by atoms with Crippen LogP contribution in [0.15, 0.2) is 77.9 Å². The van der Waals surface area contributed by atoms with Gasteiger partial charge in [0.1, 0.15) is 11.3 Å². The van der Waals surface area contributed by atoms with E-state index in [4.69, 9.17) is 4.74 Å². The maximum Gasteiger partial charge on any atom is 0.284 e. The summed E-state index contributed by atoms with van der Waals surface area (Å²) in [6.45, 7) is 1.71. The number of aromatic hydroxyl groups is 2. The number of hydrogen-bond acceptors (Lipinski definition) is 7. The molecule has 10 nitrogen and oxygen atoms in total. The van der Waals surface area contributed by atoms with Crippen LogP contribution >= 0.6 is 0 Å². The largest absolute Gasteiger partial charge is 0.504 e. The van der Waals surface area contributed by atoms with Crippen LogP contribution < -0.4 is 15.6 Å². The number of anilines is 1. The van der Waals surface area contributed by atoms with Crippen molar-refractivity contribution in [1.29, 1.82) is 0 Å². The van der Waals surface area contributed by atoms with Crippen molar-refractivity contribution in [3.63, 3.8) is 0 Å². The molecule has 10 heteroatoms. The first-order valence-electron chi connectivity index (χ1n) is 10.9. The van der Waals surface area contributed by atoms with E-state index in [2.05, 4.69) is 15.3 Å². The van der Waals surface area contributed by atoms with Crippen LogP contribution in [0, 0.1) is 6.92 Å². The third kappa shape index (κ3) is 4.00. The number of carbonyl (C=O) groups is 1. The Balaban J connectivity index is 1.37. The van der Waals surface area contributed by atoms with Gasteiger partial charge in [-0.1, -0.05) is 18.2 Å². The third-order valence-electron chi connectivity index (χ3n) is 5.79. The molecule has 36 heavy (non-hydrogen) atoms. The number of amides is 1. The van der Waals surface area contributed by atoms with Crippen molar-refractivity contribution in [2.75, 3.05) is 5.32 Å². The van der Waals surface area contributed by atoms with Crippen molar-refractivity contribution in [3.05, 3.63) is 94.7 Å². The zero-order valence-corrected chi connectivity index (χ0v) is 19.3. The van der Waals surface area contributed by atoms with Crippen LogP contribution in [0.3, 0.4) is 0 Å². The Morgan fingerprint density at radius 1 is 1.00 bits per heavy atom. The van der Waals surface area contributed by atoms with E-state index in [9.17, 15) is 19.8 Å². The number of benzene rings is 2. The SMILES string of the molecule is Cc1c(C(=O)Nc2ccc(Oc3ccnc4cc(O)c(O)cc34)nc2)c(=O)n(-c2ccccc2)n1C. The Labute approximate surface area is 204 Å². The molecular weight excluding hydrogens is 462 g/mol. The molecule has 0 fully saturated rings. The Hall–Kier alpha value is -5.12. The first-order chi connectivity index (χ1) is 17.3. The van der Waals surface area contributed by atoms with Crippen LogP contribution in [0.5, 0.6) is 23.1 Å². The molecule has 1 amide bonds. The fourth-order valence-electron chi connectivity index (χ4n) is 3.88. The summed E-state index contributed by atoms with van der Waals surface area (Å²) in [4.78, 5) is 34.4. The average molecular weight is 483 g/mol. The summed E-state index contributed by atoms with van der Waals surface area (Å²) >= 11 is 0. The number of para-hydroxylation sites is 1. The zero-order valence-electron chi connectivity index (χ0n) is 19.3. The molecule has 5 rings (SSSR count). The van der Waals surface area contributed by atoms with Gasteiger partial charge >= 0.3 is 0 Å². The highest BCUT2D eigenvalue weighted by Gasteiger charge is 2.22. The van der Waals surface area contributed by atoms with Crippen molar-refractivity contribution in [2.45, 2.75) is 6.92 Å². The summed E-state index contributed by atoms with van der Waals surface area (Å²) < 4.78 is 8.90. The molecule has 3 N–H and O–H groups in total. The fourth-order valence-corrected chi connectivity index (χ4v) is 3.88. The van der Waals surface area contributed by atoms with Crippen LogP contribution in [0.4, 0.5) is 5.69 Å². The van der Waals surface area contributed by atoms with Gasteiger partial charge in [0.2, 0.25) is 5.88 Å². The van der Waals surface area contributed by atoms with Gasteiger partial charge in [-0.15, -0.1) is 0 Å². The Bertz CT molecular complexity index is 1660. The lowest BCUT2D eigenvalue weighted by Crippen LogP contribution is -2.25. The van der Waals surface area contributed by atoms with Gasteiger partial charge in [-0.2, -0.15) is 0 Å². The van der Waals surface area contributed by atoms with Crippen molar-refractivity contribution in [1.82, 2.24) is 19.3 Å². The molecule has 0 aliphatic rings. The number of phenols is 2. The molecule has 0 spiro atoms. The standard InChI is InChI=1S/C26H21N5O5/c1-15-24(26(35)31(30(15)2)17-6-4-3-5-7-17)25(34)29-16-8-9-23(28-14-16)36-22-10-11-27-19-13-21(33)20(32)12-18(19)22/h3-14,32-33H,1-2H3,(H,29,34). The second kappa shape index (κ2) is 8.91. The van der Waals surface area contributed by atoms with Gasteiger partial charge < -0.3 is 20.3 Å². The number of ether oxygens (including phenoxy) is 1. The van der Waals surface area contributed by atoms with Gasteiger partial charge in [0.15, 0.2) is 11.5 Å². The highest BCUT2D eigenvalue weighted by Crippen LogP contribution is 2.35. The van der Waals surface area contributed by atoms with E-state index in [1.807, 2.05) is 18.2 Å². The maximum absolute atomic E-state index is 13.1. The van der Waals surface area contributed by atoms with Gasteiger partial charge in [-0.3, -0.25) is 19.3 Å². The second-order valence-corrected chi connectivity index (χ2v) is 8.04. The highest BCUT2D eigenvalue weighted by molar-refractivity contribution is 6.04. The second-order valence-electron chi connectivity index (χ2n) is 8.04. The van der Waals surface area contributed by atoms with Gasteiger partial charge in [-0.25, -0.2) is 9.67 Å². The third-order valence-corrected chi connectivity index (χ3v) is 5.79. The summed E-state index contributed by atoms with van der Waals surface area (Å²) in [6.07, 6.45) is 2.92. The molecule has 0 radical (unpaired) electrons. The summed E-state index contributed by atoms with van der Waals surface area (Å²) in [5.41, 5.74) is 1.60. The lowest BCUT2D eigenvalue weighted by Gasteiger charge is -2.09. The molecule has 3 aromatic heterocycles. The number of fused-ring (bicyclic) bond motifs is 1. The topological polar surface area (TPSA) is 132 Å². The molecular formula is C26H21N5O5. The lowest BCUT2D eigenvalue weighted by atomic mass is 10.2. The molecule has 3 heterocycles. The number of rotatable bonds is 5. The number of pyridine rings is 2. The summed E-state index contributed by atoms with van der Waals surface area (Å²) in [5.74, 6) is -0.520. The van der Waals surface area contributed by atoms with Gasteiger partial charge in [0.05, 0.1) is 28.8 Å². The predicted molar refractivity (Wildman–Crippen MR) is 133 cm³/mol. The Morgan fingerprint density at radius 2 is 1.75 bits per heavy atom. The van der Waals surface area contributed by atoms with E-state index < -0.39 is 11.5 Å². The van der Waals surface area contributed by atoms with E-state index in [0.717, 1.165) is 0 Å². The van der Waals surface area contributed by atoms with Gasteiger partial charge in [-0.05, 0) is 37.3 Å². The molecule has 0 saturated heterocycles. The first kappa shape index (κ1) is 22.7. The Kier molecular flexibility index (Phi) is 5.61. The van der Waals surface area contributed by atoms with Crippen LogP contribution in [-0.2, 0) is 7.05 Å². The Morgan fingerprint density at radius 3 is 2.47 bits per heavy atom. The maximum atomic E-state index is 13.1. The molecule has 2 aromatic carbocycles.